The van der Waals surface area contributed by atoms with Crippen molar-refractivity contribution >= 4 is 38.9 Å². The summed E-state index contributed by atoms with van der Waals surface area (Å²) in [4.78, 5) is 21.4. The minimum Gasteiger partial charge on any atom is -0.378 e. The molecular formula is C23H24BrN3O2S. The third-order valence-corrected chi connectivity index (χ3v) is 6.55. The van der Waals surface area contributed by atoms with Crippen LogP contribution in [0.4, 0.5) is 5.69 Å². The van der Waals surface area contributed by atoms with Gasteiger partial charge in [0.05, 0.1) is 25.3 Å². The summed E-state index contributed by atoms with van der Waals surface area (Å²) in [6.07, 6.45) is 0.312. The Hall–Kier alpha value is -2.22. The number of aromatic nitrogens is 1. The average Bonchev–Trinajstić information content (AvgIpc) is 3.23. The van der Waals surface area contributed by atoms with E-state index in [1.54, 1.807) is 16.2 Å². The van der Waals surface area contributed by atoms with Crippen molar-refractivity contribution in [2.45, 2.75) is 13.0 Å². The minimum atomic E-state index is 0.0679. The first kappa shape index (κ1) is 21.0. The molecule has 0 aliphatic carbocycles. The van der Waals surface area contributed by atoms with Crippen LogP contribution in [0.5, 0.6) is 0 Å². The largest absolute Gasteiger partial charge is 0.378 e. The fraction of sp³-hybridized carbons (Fsp3) is 0.304. The highest BCUT2D eigenvalue weighted by molar-refractivity contribution is 9.10. The Morgan fingerprint density at radius 3 is 2.70 bits per heavy atom. The van der Waals surface area contributed by atoms with Crippen molar-refractivity contribution in [3.63, 3.8) is 0 Å². The Morgan fingerprint density at radius 2 is 1.97 bits per heavy atom. The molecule has 3 aromatic rings. The van der Waals surface area contributed by atoms with Gasteiger partial charge in [-0.15, -0.1) is 11.3 Å². The zero-order valence-electron chi connectivity index (χ0n) is 16.9. The molecule has 0 atom stereocenters. The van der Waals surface area contributed by atoms with Crippen molar-refractivity contribution in [1.82, 2.24) is 9.88 Å². The Labute approximate surface area is 189 Å². The third kappa shape index (κ3) is 5.28. The van der Waals surface area contributed by atoms with Crippen molar-refractivity contribution in [3.8, 4) is 10.6 Å². The van der Waals surface area contributed by atoms with E-state index in [0.717, 1.165) is 52.6 Å². The highest BCUT2D eigenvalue weighted by atomic mass is 79.9. The smallest absolute Gasteiger partial charge is 0.228 e. The fourth-order valence-corrected chi connectivity index (χ4v) is 4.64. The van der Waals surface area contributed by atoms with E-state index in [2.05, 4.69) is 50.1 Å². The number of halogens is 1. The van der Waals surface area contributed by atoms with Crippen molar-refractivity contribution in [3.05, 3.63) is 69.6 Å². The highest BCUT2D eigenvalue weighted by Crippen LogP contribution is 2.26. The quantitative estimate of drug-likeness (QED) is 0.511. The Morgan fingerprint density at radius 1 is 1.20 bits per heavy atom. The Balaban J connectivity index is 1.34. The van der Waals surface area contributed by atoms with Crippen molar-refractivity contribution in [2.24, 2.45) is 0 Å². The number of amides is 1. The second-order valence-electron chi connectivity index (χ2n) is 7.35. The van der Waals surface area contributed by atoms with Gasteiger partial charge in [0.25, 0.3) is 0 Å². The first-order valence-electron chi connectivity index (χ1n) is 9.94. The van der Waals surface area contributed by atoms with Crippen LogP contribution in [0.2, 0.25) is 0 Å². The molecule has 1 amide bonds. The van der Waals surface area contributed by atoms with Gasteiger partial charge >= 0.3 is 0 Å². The molecule has 30 heavy (non-hydrogen) atoms. The number of morpholine rings is 1. The zero-order valence-corrected chi connectivity index (χ0v) is 19.3. The summed E-state index contributed by atoms with van der Waals surface area (Å²) in [5, 5.41) is 2.90. The van der Waals surface area contributed by atoms with E-state index in [9.17, 15) is 4.79 Å². The standard InChI is InChI=1S/C23H24BrN3O2S/c1-26(15-17-5-7-21(8-6-17)27-9-11-29-12-10-27)22(28)14-20-16-30-23(25-20)18-3-2-4-19(24)13-18/h2-8,13,16H,9-12,14-15H2,1H3. The molecule has 0 saturated carbocycles. The molecule has 0 unspecified atom stereocenters. The molecule has 4 rings (SSSR count). The Bertz CT molecular complexity index is 1000. The number of carbonyl (C=O) groups excluding carboxylic acids is 1. The zero-order chi connectivity index (χ0) is 20.9. The Kier molecular flexibility index (Phi) is 6.82. The van der Waals surface area contributed by atoms with Crippen LogP contribution in [0.3, 0.4) is 0 Å². The lowest BCUT2D eigenvalue weighted by atomic mass is 10.1. The number of benzene rings is 2. The summed E-state index contributed by atoms with van der Waals surface area (Å²) in [7, 11) is 1.85. The summed E-state index contributed by atoms with van der Waals surface area (Å²) in [5.74, 6) is 0.0679. The summed E-state index contributed by atoms with van der Waals surface area (Å²) in [6.45, 7) is 3.99. The van der Waals surface area contributed by atoms with Gasteiger partial charge in [-0.3, -0.25) is 4.79 Å². The van der Waals surface area contributed by atoms with Crippen LogP contribution in [0.15, 0.2) is 58.4 Å². The van der Waals surface area contributed by atoms with Gasteiger partial charge in [-0.2, -0.15) is 0 Å². The fourth-order valence-electron chi connectivity index (χ4n) is 3.43. The first-order valence-corrected chi connectivity index (χ1v) is 11.6. The van der Waals surface area contributed by atoms with Crippen molar-refractivity contribution in [2.75, 3.05) is 38.3 Å². The van der Waals surface area contributed by atoms with E-state index < -0.39 is 0 Å². The molecule has 0 radical (unpaired) electrons. The van der Waals surface area contributed by atoms with E-state index in [-0.39, 0.29) is 5.91 Å². The average molecular weight is 486 g/mol. The van der Waals surface area contributed by atoms with E-state index in [1.807, 2.05) is 36.7 Å². The van der Waals surface area contributed by atoms with Gasteiger partial charge in [-0.25, -0.2) is 4.98 Å². The molecule has 2 heterocycles. The summed E-state index contributed by atoms with van der Waals surface area (Å²) in [5.41, 5.74) is 4.20. The van der Waals surface area contributed by atoms with E-state index in [1.165, 1.54) is 5.69 Å². The maximum absolute atomic E-state index is 12.7. The molecule has 7 heteroatoms. The summed E-state index contributed by atoms with van der Waals surface area (Å²) >= 11 is 5.06. The predicted molar refractivity (Wildman–Crippen MR) is 125 cm³/mol. The lowest BCUT2D eigenvalue weighted by Gasteiger charge is -2.29. The van der Waals surface area contributed by atoms with E-state index in [4.69, 9.17) is 4.74 Å². The van der Waals surface area contributed by atoms with Gasteiger partial charge in [-0.05, 0) is 29.8 Å². The molecule has 1 saturated heterocycles. The van der Waals surface area contributed by atoms with E-state index in [0.29, 0.717) is 13.0 Å². The van der Waals surface area contributed by atoms with Crippen LogP contribution in [0, 0.1) is 0 Å². The normalized spacial score (nSPS) is 14.0. The molecule has 1 fully saturated rings. The number of hydrogen-bond acceptors (Lipinski definition) is 5. The number of nitrogens with zero attached hydrogens (tertiary/aromatic N) is 3. The summed E-state index contributed by atoms with van der Waals surface area (Å²) < 4.78 is 6.43. The molecule has 1 aromatic heterocycles. The third-order valence-electron chi connectivity index (χ3n) is 5.11. The number of anilines is 1. The van der Waals surface area contributed by atoms with Crippen LogP contribution in [0.25, 0.3) is 10.6 Å². The lowest BCUT2D eigenvalue weighted by Crippen LogP contribution is -2.36. The number of likely N-dealkylation sites (N-methyl/N-ethyl adjacent to an activating group) is 1. The number of rotatable bonds is 6. The minimum absolute atomic E-state index is 0.0679. The van der Waals surface area contributed by atoms with Crippen LogP contribution >= 0.6 is 27.3 Å². The monoisotopic (exact) mass is 485 g/mol. The molecule has 0 spiro atoms. The molecular weight excluding hydrogens is 462 g/mol. The van der Waals surface area contributed by atoms with Gasteiger partial charge in [0.15, 0.2) is 0 Å². The number of thiazole rings is 1. The van der Waals surface area contributed by atoms with Crippen LogP contribution < -0.4 is 4.90 Å². The van der Waals surface area contributed by atoms with E-state index >= 15 is 0 Å². The van der Waals surface area contributed by atoms with Gasteiger partial charge in [0, 0.05) is 47.8 Å². The van der Waals surface area contributed by atoms with Crippen LogP contribution in [0.1, 0.15) is 11.3 Å². The van der Waals surface area contributed by atoms with Crippen LogP contribution in [-0.2, 0) is 22.5 Å². The van der Waals surface area contributed by atoms with Crippen molar-refractivity contribution < 1.29 is 9.53 Å². The molecule has 5 nitrogen and oxygen atoms in total. The van der Waals surface area contributed by atoms with Gasteiger partial charge < -0.3 is 14.5 Å². The summed E-state index contributed by atoms with van der Waals surface area (Å²) in [6, 6.07) is 16.5. The number of hydrogen-bond donors (Lipinski definition) is 0. The topological polar surface area (TPSA) is 45.7 Å². The molecule has 1 aliphatic rings. The highest BCUT2D eigenvalue weighted by Gasteiger charge is 2.15. The maximum Gasteiger partial charge on any atom is 0.228 e. The van der Waals surface area contributed by atoms with Crippen molar-refractivity contribution in [1.29, 1.82) is 0 Å². The van der Waals surface area contributed by atoms with Gasteiger partial charge in [0.1, 0.15) is 5.01 Å². The number of ether oxygens (including phenoxy) is 1. The molecule has 156 valence electrons. The second kappa shape index (κ2) is 9.73. The van der Waals surface area contributed by atoms with Gasteiger partial charge in [0.2, 0.25) is 5.91 Å². The first-order chi connectivity index (χ1) is 14.6. The van der Waals surface area contributed by atoms with Crippen LogP contribution in [-0.4, -0.2) is 49.1 Å². The maximum atomic E-state index is 12.7. The molecule has 2 aromatic carbocycles. The SMILES string of the molecule is CN(Cc1ccc(N2CCOCC2)cc1)C(=O)Cc1csc(-c2cccc(Br)c2)n1. The second-order valence-corrected chi connectivity index (χ2v) is 9.12. The lowest BCUT2D eigenvalue weighted by molar-refractivity contribution is -0.129. The molecule has 0 N–H and O–H groups in total. The molecule has 1 aliphatic heterocycles. The predicted octanol–water partition coefficient (Wildman–Crippen LogP) is 4.61. The molecule has 0 bridgehead atoms. The van der Waals surface area contributed by atoms with Gasteiger partial charge in [-0.1, -0.05) is 40.2 Å². The number of carbonyl (C=O) groups is 1.